The quantitative estimate of drug-likeness (QED) is 0.885. The number of anilines is 1. The summed E-state index contributed by atoms with van der Waals surface area (Å²) in [6.45, 7) is 3.31. The first kappa shape index (κ1) is 16.2. The van der Waals surface area contributed by atoms with Gasteiger partial charge in [-0.3, -0.25) is 4.72 Å². The Bertz CT molecular complexity index is 765. The van der Waals surface area contributed by atoms with Crippen LogP contribution in [0.15, 0.2) is 27.5 Å². The van der Waals surface area contributed by atoms with Crippen LogP contribution >= 0.6 is 23.2 Å². The summed E-state index contributed by atoms with van der Waals surface area (Å²) in [6, 6.07) is 4.45. The van der Waals surface area contributed by atoms with Crippen molar-refractivity contribution in [2.45, 2.75) is 25.3 Å². The fourth-order valence-corrected chi connectivity index (χ4v) is 4.14. The minimum atomic E-state index is -3.84. The van der Waals surface area contributed by atoms with Crippen LogP contribution in [0.3, 0.4) is 0 Å². The van der Waals surface area contributed by atoms with Crippen LogP contribution in [-0.4, -0.2) is 8.42 Å². The average Bonchev–Trinajstić information content (AvgIpc) is 2.61. The van der Waals surface area contributed by atoms with Crippen LogP contribution in [-0.2, 0) is 16.6 Å². The van der Waals surface area contributed by atoms with Crippen molar-refractivity contribution in [2.75, 3.05) is 4.72 Å². The second-order valence-corrected chi connectivity index (χ2v) is 6.98. The highest BCUT2D eigenvalue weighted by molar-refractivity contribution is 7.92. The van der Waals surface area contributed by atoms with E-state index in [4.69, 9.17) is 33.4 Å². The molecule has 0 fully saturated rings. The van der Waals surface area contributed by atoms with Gasteiger partial charge in [-0.1, -0.05) is 23.2 Å². The van der Waals surface area contributed by atoms with Crippen molar-refractivity contribution < 1.29 is 12.8 Å². The first-order valence-electron chi connectivity index (χ1n) is 6.02. The van der Waals surface area contributed by atoms with E-state index in [0.29, 0.717) is 21.4 Å². The third kappa shape index (κ3) is 3.35. The molecule has 0 spiro atoms. The largest absolute Gasteiger partial charge is 0.465 e. The lowest BCUT2D eigenvalue weighted by Gasteiger charge is -2.09. The van der Waals surface area contributed by atoms with E-state index in [-0.39, 0.29) is 22.9 Å². The molecular formula is C13H14Cl2N2O3S. The number of hydrogen-bond acceptors (Lipinski definition) is 4. The van der Waals surface area contributed by atoms with Gasteiger partial charge in [-0.25, -0.2) is 8.42 Å². The van der Waals surface area contributed by atoms with Crippen LogP contribution in [0, 0.1) is 13.8 Å². The first-order chi connectivity index (χ1) is 9.74. The highest BCUT2D eigenvalue weighted by Gasteiger charge is 2.26. The van der Waals surface area contributed by atoms with E-state index in [1.165, 1.54) is 18.2 Å². The molecule has 1 heterocycles. The minimum absolute atomic E-state index is 0.0543. The van der Waals surface area contributed by atoms with Crippen molar-refractivity contribution in [1.82, 2.24) is 0 Å². The fraction of sp³-hybridized carbons (Fsp3) is 0.231. The fourth-order valence-electron chi connectivity index (χ4n) is 2.12. The van der Waals surface area contributed by atoms with Gasteiger partial charge in [0.25, 0.3) is 10.0 Å². The predicted molar refractivity (Wildman–Crippen MR) is 83.3 cm³/mol. The molecule has 5 nitrogen and oxygen atoms in total. The topological polar surface area (TPSA) is 85.3 Å². The Balaban J connectivity index is 2.48. The second kappa shape index (κ2) is 5.88. The van der Waals surface area contributed by atoms with Crippen molar-refractivity contribution in [1.29, 1.82) is 0 Å². The summed E-state index contributed by atoms with van der Waals surface area (Å²) in [6.07, 6.45) is 0. The zero-order valence-electron chi connectivity index (χ0n) is 11.4. The Labute approximate surface area is 133 Å². The minimum Gasteiger partial charge on any atom is -0.465 e. The monoisotopic (exact) mass is 348 g/mol. The average molecular weight is 349 g/mol. The van der Waals surface area contributed by atoms with Crippen molar-refractivity contribution in [3.05, 3.63) is 45.3 Å². The number of aryl methyl sites for hydroxylation is 2. The molecule has 2 aromatic rings. The Morgan fingerprint density at radius 1 is 1.14 bits per heavy atom. The number of rotatable bonds is 4. The van der Waals surface area contributed by atoms with Crippen LogP contribution in [0.25, 0.3) is 0 Å². The molecular weight excluding hydrogens is 335 g/mol. The van der Waals surface area contributed by atoms with Crippen LogP contribution in [0.5, 0.6) is 0 Å². The Hall–Kier alpha value is -1.21. The molecule has 0 atom stereocenters. The lowest BCUT2D eigenvalue weighted by Crippen LogP contribution is -2.16. The van der Waals surface area contributed by atoms with Crippen LogP contribution < -0.4 is 10.5 Å². The maximum atomic E-state index is 12.5. The van der Waals surface area contributed by atoms with Gasteiger partial charge in [0.15, 0.2) is 0 Å². The summed E-state index contributed by atoms with van der Waals surface area (Å²) < 4.78 is 32.8. The highest BCUT2D eigenvalue weighted by Crippen LogP contribution is 2.29. The number of furan rings is 1. The summed E-state index contributed by atoms with van der Waals surface area (Å²) in [5.41, 5.74) is 6.33. The number of sulfonamides is 1. The predicted octanol–water partition coefficient (Wildman–Crippen LogP) is 3.46. The summed E-state index contributed by atoms with van der Waals surface area (Å²) in [7, 11) is -3.84. The van der Waals surface area contributed by atoms with E-state index < -0.39 is 10.0 Å². The molecule has 0 unspecified atom stereocenters. The van der Waals surface area contributed by atoms with Gasteiger partial charge in [-0.15, -0.1) is 0 Å². The van der Waals surface area contributed by atoms with Crippen molar-refractivity contribution in [2.24, 2.45) is 5.73 Å². The Morgan fingerprint density at radius 3 is 2.24 bits per heavy atom. The van der Waals surface area contributed by atoms with Gasteiger partial charge in [0.1, 0.15) is 16.4 Å². The maximum Gasteiger partial charge on any atom is 0.265 e. The Kier molecular flexibility index (Phi) is 4.53. The SMILES string of the molecule is Cc1oc(C)c(S(=O)(=O)Nc2cc(Cl)cc(Cl)c2)c1CN. The number of hydrogen-bond donors (Lipinski definition) is 2. The molecule has 0 aliphatic heterocycles. The molecule has 2 rings (SSSR count). The number of benzene rings is 1. The molecule has 1 aromatic carbocycles. The molecule has 21 heavy (non-hydrogen) atoms. The van der Waals surface area contributed by atoms with Gasteiger partial charge in [0.2, 0.25) is 0 Å². The molecule has 1 aromatic heterocycles. The van der Waals surface area contributed by atoms with Crippen molar-refractivity contribution in [3.8, 4) is 0 Å². The third-order valence-corrected chi connectivity index (χ3v) is 4.92. The lowest BCUT2D eigenvalue weighted by molar-refractivity contribution is 0.494. The van der Waals surface area contributed by atoms with E-state index in [0.717, 1.165) is 0 Å². The van der Waals surface area contributed by atoms with E-state index in [2.05, 4.69) is 4.72 Å². The maximum absolute atomic E-state index is 12.5. The van der Waals surface area contributed by atoms with E-state index in [9.17, 15) is 8.42 Å². The summed E-state index contributed by atoms with van der Waals surface area (Å²) in [5.74, 6) is 0.771. The van der Waals surface area contributed by atoms with E-state index in [1.54, 1.807) is 13.8 Å². The van der Waals surface area contributed by atoms with Gasteiger partial charge in [0.05, 0.1) is 5.69 Å². The molecule has 0 saturated carbocycles. The standard InChI is InChI=1S/C13H14Cl2N2O3S/c1-7-12(6-16)13(8(2)20-7)21(18,19)17-11-4-9(14)3-10(15)5-11/h3-5,17H,6,16H2,1-2H3. The smallest absolute Gasteiger partial charge is 0.265 e. The lowest BCUT2D eigenvalue weighted by atomic mass is 10.2. The normalized spacial score (nSPS) is 11.7. The highest BCUT2D eigenvalue weighted by atomic mass is 35.5. The zero-order valence-corrected chi connectivity index (χ0v) is 13.7. The second-order valence-electron chi connectivity index (χ2n) is 4.49. The first-order valence-corrected chi connectivity index (χ1v) is 8.26. The molecule has 0 aliphatic carbocycles. The van der Waals surface area contributed by atoms with Crippen LogP contribution in [0.1, 0.15) is 17.1 Å². The number of nitrogens with two attached hydrogens (primary N) is 1. The summed E-state index contributed by atoms with van der Waals surface area (Å²) in [5, 5.41) is 0.665. The van der Waals surface area contributed by atoms with Crippen LogP contribution in [0.2, 0.25) is 10.0 Å². The molecule has 114 valence electrons. The van der Waals surface area contributed by atoms with Gasteiger partial charge in [-0.05, 0) is 32.0 Å². The van der Waals surface area contributed by atoms with E-state index >= 15 is 0 Å². The zero-order chi connectivity index (χ0) is 15.8. The van der Waals surface area contributed by atoms with Crippen molar-refractivity contribution >= 4 is 38.9 Å². The van der Waals surface area contributed by atoms with Gasteiger partial charge in [0, 0.05) is 22.2 Å². The van der Waals surface area contributed by atoms with Gasteiger partial charge in [-0.2, -0.15) is 0 Å². The summed E-state index contributed by atoms with van der Waals surface area (Å²) in [4.78, 5) is 0.0543. The van der Waals surface area contributed by atoms with E-state index in [1.807, 2.05) is 0 Å². The molecule has 8 heteroatoms. The number of nitrogens with one attached hydrogen (secondary N) is 1. The third-order valence-electron chi connectivity index (χ3n) is 2.91. The molecule has 3 N–H and O–H groups in total. The summed E-state index contributed by atoms with van der Waals surface area (Å²) >= 11 is 11.7. The molecule has 0 amide bonds. The van der Waals surface area contributed by atoms with Crippen molar-refractivity contribution in [3.63, 3.8) is 0 Å². The van der Waals surface area contributed by atoms with Gasteiger partial charge < -0.3 is 10.2 Å². The molecule has 0 aliphatic rings. The van der Waals surface area contributed by atoms with Crippen LogP contribution in [0.4, 0.5) is 5.69 Å². The molecule has 0 radical (unpaired) electrons. The Morgan fingerprint density at radius 2 is 1.71 bits per heavy atom. The molecule has 0 saturated heterocycles. The molecule has 0 bridgehead atoms. The number of halogens is 2. The van der Waals surface area contributed by atoms with Gasteiger partial charge >= 0.3 is 0 Å².